The third-order valence-corrected chi connectivity index (χ3v) is 5.85. The van der Waals surface area contributed by atoms with Gasteiger partial charge in [-0.1, -0.05) is 6.07 Å². The number of amides is 1. The summed E-state index contributed by atoms with van der Waals surface area (Å²) in [7, 11) is 0. The van der Waals surface area contributed by atoms with Crippen molar-refractivity contribution < 1.29 is 13.6 Å². The summed E-state index contributed by atoms with van der Waals surface area (Å²) in [6.45, 7) is 4.55. The maximum Gasteiger partial charge on any atom is 0.269 e. The lowest BCUT2D eigenvalue weighted by atomic mass is 9.99. The van der Waals surface area contributed by atoms with Crippen molar-refractivity contribution in [3.63, 3.8) is 0 Å². The first-order valence-electron chi connectivity index (χ1n) is 10.8. The molecule has 1 fully saturated rings. The number of anilines is 1. The van der Waals surface area contributed by atoms with Crippen LogP contribution in [0.4, 0.5) is 14.5 Å². The van der Waals surface area contributed by atoms with E-state index in [0.29, 0.717) is 18.1 Å². The van der Waals surface area contributed by atoms with E-state index in [1.54, 1.807) is 11.3 Å². The Labute approximate surface area is 190 Å². The van der Waals surface area contributed by atoms with Gasteiger partial charge in [-0.05, 0) is 73.7 Å². The van der Waals surface area contributed by atoms with E-state index >= 15 is 0 Å². The first-order chi connectivity index (χ1) is 15.9. The Hall–Kier alpha value is -3.81. The second kappa shape index (κ2) is 8.27. The number of carbonyl (C=O) groups is 1. The van der Waals surface area contributed by atoms with Gasteiger partial charge in [0.25, 0.3) is 5.91 Å². The van der Waals surface area contributed by atoms with Gasteiger partial charge < -0.3 is 4.57 Å². The minimum Gasteiger partial charge on any atom is -0.306 e. The predicted octanol–water partition coefficient (Wildman–Crippen LogP) is 4.61. The highest BCUT2D eigenvalue weighted by Crippen LogP contribution is 2.30. The van der Waals surface area contributed by atoms with Crippen molar-refractivity contribution in [3.05, 3.63) is 83.0 Å². The largest absolute Gasteiger partial charge is 0.306 e. The number of fused-ring (bicyclic) bond motifs is 1. The molecule has 3 aromatic rings. The van der Waals surface area contributed by atoms with Gasteiger partial charge >= 0.3 is 0 Å². The van der Waals surface area contributed by atoms with Crippen molar-refractivity contribution in [1.29, 1.82) is 0 Å². The summed E-state index contributed by atoms with van der Waals surface area (Å²) < 4.78 is 29.7. The Morgan fingerprint density at radius 2 is 1.82 bits per heavy atom. The normalized spacial score (nSPS) is 17.4. The van der Waals surface area contributed by atoms with E-state index in [9.17, 15) is 13.6 Å². The molecule has 1 aromatic heterocycles. The molecule has 0 bridgehead atoms. The number of hydrazine groups is 1. The number of halogens is 2. The minimum absolute atomic E-state index is 0.0577. The summed E-state index contributed by atoms with van der Waals surface area (Å²) in [5.74, 6) is -1.18. The Morgan fingerprint density at radius 3 is 2.52 bits per heavy atom. The van der Waals surface area contributed by atoms with Gasteiger partial charge in [0.05, 0.1) is 17.7 Å². The lowest BCUT2D eigenvalue weighted by molar-refractivity contribution is -0.117. The Kier molecular flexibility index (Phi) is 5.28. The maximum absolute atomic E-state index is 13.8. The standard InChI is InChI=1S/C25H23F2N5O/c1-16-8-18(5-6-23(16)30-13-17(2)28-15-30)9-19-4-3-7-31-25(19)29-24(33)14-32(31)22-11-20(26)10-21(27)12-22/h5-6,8-13,15H,3-4,7,14H2,1-2H3/b19-9+. The number of benzene rings is 2. The zero-order valence-corrected chi connectivity index (χ0v) is 18.4. The average molecular weight is 447 g/mol. The van der Waals surface area contributed by atoms with Crippen molar-refractivity contribution >= 4 is 23.5 Å². The summed E-state index contributed by atoms with van der Waals surface area (Å²) in [5.41, 5.74) is 5.30. The van der Waals surface area contributed by atoms with Gasteiger partial charge in [-0.2, -0.15) is 4.99 Å². The van der Waals surface area contributed by atoms with Gasteiger partial charge in [0.15, 0.2) is 5.84 Å². The molecule has 0 atom stereocenters. The molecule has 0 unspecified atom stereocenters. The minimum atomic E-state index is -0.682. The second-order valence-corrected chi connectivity index (χ2v) is 8.38. The SMILES string of the molecule is Cc1cn(-c2ccc(/C=C3\CCCN4C3=NC(=O)CN4c3cc(F)cc(F)c3)cc2C)cn1. The van der Waals surface area contributed by atoms with Crippen LogP contribution in [0.15, 0.2) is 59.5 Å². The lowest BCUT2D eigenvalue weighted by Gasteiger charge is -2.43. The molecule has 2 aliphatic rings. The number of nitrogens with zero attached hydrogens (tertiary/aromatic N) is 5. The molecule has 0 saturated carbocycles. The van der Waals surface area contributed by atoms with E-state index in [-0.39, 0.29) is 12.5 Å². The number of piperidine rings is 1. The molecule has 3 heterocycles. The Balaban J connectivity index is 1.48. The number of rotatable bonds is 3. The summed E-state index contributed by atoms with van der Waals surface area (Å²) in [4.78, 5) is 21.0. The average Bonchev–Trinajstić information content (AvgIpc) is 3.19. The fourth-order valence-electron chi connectivity index (χ4n) is 4.40. The van der Waals surface area contributed by atoms with Gasteiger partial charge in [-0.3, -0.25) is 14.8 Å². The molecule has 1 amide bonds. The molecule has 0 spiro atoms. The van der Waals surface area contributed by atoms with Crippen LogP contribution in [0.25, 0.3) is 11.8 Å². The maximum atomic E-state index is 13.8. The summed E-state index contributed by atoms with van der Waals surface area (Å²) in [6, 6.07) is 9.44. The molecule has 6 nitrogen and oxygen atoms in total. The molecular weight excluding hydrogens is 424 g/mol. The van der Waals surface area contributed by atoms with E-state index in [0.717, 1.165) is 47.0 Å². The van der Waals surface area contributed by atoms with Gasteiger partial charge in [0.2, 0.25) is 0 Å². The molecule has 0 radical (unpaired) electrons. The van der Waals surface area contributed by atoms with Crippen molar-refractivity contribution in [3.8, 4) is 5.69 Å². The number of hydrogen-bond acceptors (Lipinski definition) is 4. The van der Waals surface area contributed by atoms with E-state index in [1.165, 1.54) is 12.1 Å². The highest BCUT2D eigenvalue weighted by molar-refractivity contribution is 6.11. The molecule has 8 heteroatoms. The lowest BCUT2D eigenvalue weighted by Crippen LogP contribution is -2.55. The third-order valence-electron chi connectivity index (χ3n) is 5.85. The predicted molar refractivity (Wildman–Crippen MR) is 123 cm³/mol. The van der Waals surface area contributed by atoms with E-state index in [4.69, 9.17) is 0 Å². The zero-order valence-electron chi connectivity index (χ0n) is 18.4. The van der Waals surface area contributed by atoms with E-state index < -0.39 is 11.6 Å². The molecular formula is C25H23F2N5O. The van der Waals surface area contributed by atoms with Crippen LogP contribution in [0.5, 0.6) is 0 Å². The smallest absolute Gasteiger partial charge is 0.269 e. The molecule has 0 aliphatic carbocycles. The summed E-state index contributed by atoms with van der Waals surface area (Å²) >= 11 is 0. The van der Waals surface area contributed by atoms with Crippen molar-refractivity contribution in [2.45, 2.75) is 26.7 Å². The first kappa shape index (κ1) is 21.1. The second-order valence-electron chi connectivity index (χ2n) is 8.38. The van der Waals surface area contributed by atoms with Gasteiger partial charge in [-0.15, -0.1) is 0 Å². The monoisotopic (exact) mass is 447 g/mol. The molecule has 5 rings (SSSR count). The van der Waals surface area contributed by atoms with Crippen LogP contribution in [0.1, 0.15) is 29.7 Å². The van der Waals surface area contributed by atoms with Gasteiger partial charge in [0.1, 0.15) is 18.2 Å². The van der Waals surface area contributed by atoms with Crippen molar-refractivity contribution in [1.82, 2.24) is 14.6 Å². The van der Waals surface area contributed by atoms with Gasteiger partial charge in [0, 0.05) is 24.5 Å². The van der Waals surface area contributed by atoms with Crippen LogP contribution in [-0.4, -0.2) is 39.4 Å². The summed E-state index contributed by atoms with van der Waals surface area (Å²) in [5, 5.41) is 3.46. The fraction of sp³-hybridized carbons (Fsp3) is 0.240. The van der Waals surface area contributed by atoms with Crippen LogP contribution in [0, 0.1) is 25.5 Å². The Morgan fingerprint density at radius 1 is 1.03 bits per heavy atom. The molecule has 33 heavy (non-hydrogen) atoms. The van der Waals surface area contributed by atoms with Crippen molar-refractivity contribution in [2.24, 2.45) is 4.99 Å². The molecule has 2 aliphatic heterocycles. The number of carbonyl (C=O) groups excluding carboxylic acids is 1. The molecule has 168 valence electrons. The zero-order chi connectivity index (χ0) is 23.1. The number of aliphatic imine (C=N–C) groups is 1. The van der Waals surface area contributed by atoms with Crippen LogP contribution < -0.4 is 5.01 Å². The van der Waals surface area contributed by atoms with Crippen LogP contribution in [0.2, 0.25) is 0 Å². The number of aryl methyl sites for hydroxylation is 2. The number of aromatic nitrogens is 2. The number of imidazole rings is 1. The first-order valence-corrected chi connectivity index (χ1v) is 10.8. The number of hydrogen-bond donors (Lipinski definition) is 0. The van der Waals surface area contributed by atoms with Crippen LogP contribution in [-0.2, 0) is 4.79 Å². The van der Waals surface area contributed by atoms with Crippen LogP contribution in [0.3, 0.4) is 0 Å². The third kappa shape index (κ3) is 4.16. The highest BCUT2D eigenvalue weighted by atomic mass is 19.1. The quantitative estimate of drug-likeness (QED) is 0.589. The van der Waals surface area contributed by atoms with Crippen LogP contribution >= 0.6 is 0 Å². The molecule has 0 N–H and O–H groups in total. The fourth-order valence-corrected chi connectivity index (χ4v) is 4.40. The van der Waals surface area contributed by atoms with E-state index in [1.807, 2.05) is 47.8 Å². The number of amidine groups is 1. The topological polar surface area (TPSA) is 53.7 Å². The molecule has 1 saturated heterocycles. The van der Waals surface area contributed by atoms with Crippen molar-refractivity contribution in [2.75, 3.05) is 18.1 Å². The Bertz CT molecular complexity index is 1290. The highest BCUT2D eigenvalue weighted by Gasteiger charge is 2.33. The summed E-state index contributed by atoms with van der Waals surface area (Å²) in [6.07, 6.45) is 7.39. The van der Waals surface area contributed by atoms with Gasteiger partial charge in [-0.25, -0.2) is 13.8 Å². The van der Waals surface area contributed by atoms with E-state index in [2.05, 4.69) is 16.0 Å². The molecule has 2 aromatic carbocycles.